The summed E-state index contributed by atoms with van der Waals surface area (Å²) >= 11 is 0. The lowest BCUT2D eigenvalue weighted by molar-refractivity contribution is 0.0599. The first kappa shape index (κ1) is 21.6. The molecule has 1 aromatic heterocycles. The van der Waals surface area contributed by atoms with Crippen molar-refractivity contribution in [2.24, 2.45) is 0 Å². The number of aryl methyl sites for hydroxylation is 2. The molecule has 0 aliphatic heterocycles. The van der Waals surface area contributed by atoms with Gasteiger partial charge in [0.2, 0.25) is 0 Å². The maximum atomic E-state index is 12.0. The topological polar surface area (TPSA) is 128 Å². The number of nitrogens with one attached hydrogen (secondary N) is 2. The van der Waals surface area contributed by atoms with Gasteiger partial charge in [0, 0.05) is 11.4 Å². The fourth-order valence-electron chi connectivity index (χ4n) is 2.90. The highest BCUT2D eigenvalue weighted by Crippen LogP contribution is 2.30. The van der Waals surface area contributed by atoms with Crippen LogP contribution in [0.25, 0.3) is 0 Å². The van der Waals surface area contributed by atoms with Gasteiger partial charge < -0.3 is 25.8 Å². The number of ether oxygens (including phenoxy) is 2. The lowest BCUT2D eigenvalue weighted by Crippen LogP contribution is -2.09. The van der Waals surface area contributed by atoms with E-state index in [0.29, 0.717) is 17.3 Å². The van der Waals surface area contributed by atoms with Crippen molar-refractivity contribution < 1.29 is 19.1 Å². The molecule has 9 nitrogen and oxygen atoms in total. The summed E-state index contributed by atoms with van der Waals surface area (Å²) < 4.78 is 9.52. The third kappa shape index (κ3) is 4.89. The summed E-state index contributed by atoms with van der Waals surface area (Å²) in [5.41, 5.74) is 10.3. The molecule has 0 saturated heterocycles. The van der Waals surface area contributed by atoms with E-state index in [1.807, 2.05) is 32.0 Å². The van der Waals surface area contributed by atoms with Crippen LogP contribution in [0.1, 0.15) is 31.8 Å². The van der Waals surface area contributed by atoms with Crippen LogP contribution in [0.2, 0.25) is 0 Å². The predicted octanol–water partition coefficient (Wildman–Crippen LogP) is 3.74. The molecule has 9 heteroatoms. The molecule has 0 aliphatic rings. The zero-order valence-corrected chi connectivity index (χ0v) is 17.6. The Bertz CT molecular complexity index is 1110. The molecule has 31 heavy (non-hydrogen) atoms. The molecule has 3 rings (SSSR count). The number of methoxy groups -OCH3 is 2. The minimum absolute atomic E-state index is 0.175. The molecule has 0 fully saturated rings. The number of nitrogens with two attached hydrogens (primary N) is 1. The van der Waals surface area contributed by atoms with E-state index in [4.69, 9.17) is 15.2 Å². The maximum absolute atomic E-state index is 12.0. The number of carbonyl (C=O) groups excluding carboxylic acids is 2. The summed E-state index contributed by atoms with van der Waals surface area (Å²) in [5.74, 6) is -0.465. The fraction of sp³-hybridized carbons (Fsp3) is 0.182. The van der Waals surface area contributed by atoms with Crippen molar-refractivity contribution in [3.8, 4) is 0 Å². The fourth-order valence-corrected chi connectivity index (χ4v) is 2.90. The number of nitrogen functional groups attached to an aromatic ring is 1. The van der Waals surface area contributed by atoms with Crippen molar-refractivity contribution in [2.45, 2.75) is 13.8 Å². The van der Waals surface area contributed by atoms with E-state index in [9.17, 15) is 9.59 Å². The Labute approximate surface area is 179 Å². The van der Waals surface area contributed by atoms with Gasteiger partial charge in [-0.05, 0) is 49.2 Å². The molecule has 0 spiro atoms. The molecule has 0 unspecified atom stereocenters. The average molecular weight is 421 g/mol. The number of hydrogen-bond acceptors (Lipinski definition) is 9. The Morgan fingerprint density at radius 1 is 0.871 bits per heavy atom. The molecule has 3 aromatic rings. The van der Waals surface area contributed by atoms with Crippen LogP contribution in [-0.2, 0) is 9.47 Å². The zero-order valence-electron chi connectivity index (χ0n) is 17.6. The van der Waals surface area contributed by atoms with Gasteiger partial charge >= 0.3 is 11.9 Å². The molecule has 2 aromatic carbocycles. The quantitative estimate of drug-likeness (QED) is 0.510. The van der Waals surface area contributed by atoms with Crippen molar-refractivity contribution in [3.63, 3.8) is 0 Å². The molecule has 0 atom stereocenters. The number of esters is 2. The van der Waals surface area contributed by atoms with E-state index in [1.165, 1.54) is 38.7 Å². The monoisotopic (exact) mass is 421 g/mol. The van der Waals surface area contributed by atoms with Gasteiger partial charge in [-0.1, -0.05) is 12.1 Å². The molecule has 0 radical (unpaired) electrons. The summed E-state index contributed by atoms with van der Waals surface area (Å²) in [7, 11) is 2.52. The second-order valence-electron chi connectivity index (χ2n) is 6.84. The molecule has 0 saturated carbocycles. The first-order valence-corrected chi connectivity index (χ1v) is 9.36. The maximum Gasteiger partial charge on any atom is 0.337 e. The van der Waals surface area contributed by atoms with Gasteiger partial charge in [-0.2, -0.15) is 0 Å². The summed E-state index contributed by atoms with van der Waals surface area (Å²) in [5, 5.41) is 6.25. The Kier molecular flexibility index (Phi) is 6.35. The highest BCUT2D eigenvalue weighted by Gasteiger charge is 2.16. The smallest absolute Gasteiger partial charge is 0.337 e. The van der Waals surface area contributed by atoms with Crippen molar-refractivity contribution >= 4 is 40.6 Å². The van der Waals surface area contributed by atoms with E-state index >= 15 is 0 Å². The lowest BCUT2D eigenvalue weighted by atomic mass is 10.1. The number of nitrogens with zero attached hydrogens (tertiary/aromatic N) is 2. The highest BCUT2D eigenvalue weighted by atomic mass is 16.5. The predicted molar refractivity (Wildman–Crippen MR) is 118 cm³/mol. The first-order chi connectivity index (χ1) is 14.8. The van der Waals surface area contributed by atoms with Crippen LogP contribution < -0.4 is 16.4 Å². The van der Waals surface area contributed by atoms with Gasteiger partial charge in [0.1, 0.15) is 12.0 Å². The number of aromatic nitrogens is 2. The van der Waals surface area contributed by atoms with E-state index < -0.39 is 11.9 Å². The van der Waals surface area contributed by atoms with Crippen LogP contribution in [0.5, 0.6) is 0 Å². The Balaban J connectivity index is 1.96. The number of carbonyl (C=O) groups is 2. The summed E-state index contributed by atoms with van der Waals surface area (Å²) in [6.07, 6.45) is 1.36. The summed E-state index contributed by atoms with van der Waals surface area (Å²) in [6.45, 7) is 3.97. The molecule has 160 valence electrons. The van der Waals surface area contributed by atoms with E-state index in [-0.39, 0.29) is 16.8 Å². The van der Waals surface area contributed by atoms with Crippen LogP contribution in [0.4, 0.5) is 28.7 Å². The van der Waals surface area contributed by atoms with Crippen LogP contribution >= 0.6 is 0 Å². The Morgan fingerprint density at radius 2 is 1.45 bits per heavy atom. The van der Waals surface area contributed by atoms with Gasteiger partial charge in [-0.3, -0.25) is 0 Å². The molecule has 0 amide bonds. The average Bonchev–Trinajstić information content (AvgIpc) is 2.77. The minimum atomic E-state index is -0.596. The normalized spacial score (nSPS) is 10.3. The van der Waals surface area contributed by atoms with Crippen LogP contribution in [-0.4, -0.2) is 36.1 Å². The van der Waals surface area contributed by atoms with Crippen LogP contribution in [0.3, 0.4) is 0 Å². The summed E-state index contributed by atoms with van der Waals surface area (Å²) in [4.78, 5) is 32.4. The van der Waals surface area contributed by atoms with Crippen LogP contribution in [0, 0.1) is 13.8 Å². The van der Waals surface area contributed by atoms with Crippen molar-refractivity contribution in [2.75, 3.05) is 30.6 Å². The van der Waals surface area contributed by atoms with E-state index in [1.54, 1.807) is 0 Å². The third-order valence-electron chi connectivity index (χ3n) is 4.57. The number of benzene rings is 2. The second kappa shape index (κ2) is 9.12. The van der Waals surface area contributed by atoms with Gasteiger partial charge in [0.15, 0.2) is 11.6 Å². The molecule has 1 heterocycles. The molecule has 4 N–H and O–H groups in total. The van der Waals surface area contributed by atoms with Gasteiger partial charge in [0.25, 0.3) is 0 Å². The first-order valence-electron chi connectivity index (χ1n) is 9.36. The van der Waals surface area contributed by atoms with E-state index in [2.05, 4.69) is 20.6 Å². The zero-order chi connectivity index (χ0) is 22.5. The summed E-state index contributed by atoms with van der Waals surface area (Å²) in [6, 6.07) is 10.5. The Morgan fingerprint density at radius 3 is 2.03 bits per heavy atom. The van der Waals surface area contributed by atoms with Crippen molar-refractivity contribution in [1.82, 2.24) is 9.97 Å². The number of anilines is 5. The van der Waals surface area contributed by atoms with Crippen molar-refractivity contribution in [1.29, 1.82) is 0 Å². The standard InChI is InChI=1S/C22H23N5O4/c1-12-5-6-13(2)17(7-12)27-20-18(23)19(24-11-25-20)26-16-9-14(21(28)30-3)8-15(10-16)22(29)31-4/h5-11H,23H2,1-4H3,(H2,24,25,26,27). The lowest BCUT2D eigenvalue weighted by Gasteiger charge is -2.15. The van der Waals surface area contributed by atoms with Gasteiger partial charge in [-0.15, -0.1) is 0 Å². The molecule has 0 bridgehead atoms. The molecule has 0 aliphatic carbocycles. The van der Waals surface area contributed by atoms with E-state index in [0.717, 1.165) is 16.8 Å². The van der Waals surface area contributed by atoms with Gasteiger partial charge in [-0.25, -0.2) is 19.6 Å². The van der Waals surface area contributed by atoms with Gasteiger partial charge in [0.05, 0.1) is 25.3 Å². The number of rotatable bonds is 6. The molecular weight excluding hydrogens is 398 g/mol. The highest BCUT2D eigenvalue weighted by molar-refractivity contribution is 5.97. The SMILES string of the molecule is COC(=O)c1cc(Nc2ncnc(Nc3cc(C)ccc3C)c2N)cc(C(=O)OC)c1. The van der Waals surface area contributed by atoms with Crippen LogP contribution in [0.15, 0.2) is 42.7 Å². The molecular formula is C22H23N5O4. The third-order valence-corrected chi connectivity index (χ3v) is 4.57. The second-order valence-corrected chi connectivity index (χ2v) is 6.84. The minimum Gasteiger partial charge on any atom is -0.465 e. The largest absolute Gasteiger partial charge is 0.465 e. The Hall–Kier alpha value is -4.14. The number of hydrogen-bond donors (Lipinski definition) is 3. The van der Waals surface area contributed by atoms with Crippen molar-refractivity contribution in [3.05, 3.63) is 65.0 Å².